The van der Waals surface area contributed by atoms with Crippen molar-refractivity contribution in [1.29, 1.82) is 0 Å². The highest BCUT2D eigenvalue weighted by molar-refractivity contribution is 8.00. The maximum atomic E-state index is 13.1. The zero-order valence-corrected chi connectivity index (χ0v) is 16.0. The van der Waals surface area contributed by atoms with Crippen molar-refractivity contribution in [3.05, 3.63) is 71.3 Å². The van der Waals surface area contributed by atoms with Gasteiger partial charge in [0.1, 0.15) is 16.9 Å². The molecule has 0 bridgehead atoms. The third-order valence-electron chi connectivity index (χ3n) is 3.96. The van der Waals surface area contributed by atoms with Crippen LogP contribution in [0.15, 0.2) is 59.8 Å². The monoisotopic (exact) mass is 379 g/mol. The van der Waals surface area contributed by atoms with E-state index in [2.05, 4.69) is 15.3 Å². The van der Waals surface area contributed by atoms with Crippen molar-refractivity contribution in [2.75, 3.05) is 16.8 Å². The molecule has 5 N–H and O–H groups in total. The zero-order valence-electron chi connectivity index (χ0n) is 15.1. The normalized spacial score (nSPS) is 11.8. The Morgan fingerprint density at radius 3 is 2.33 bits per heavy atom. The molecule has 2 aromatic carbocycles. The lowest BCUT2D eigenvalue weighted by atomic mass is 10.1. The number of nitrogens with zero attached hydrogens (tertiary/aromatic N) is 2. The maximum Gasteiger partial charge on any atom is 0.242 e. The average molecular weight is 379 g/mol. The van der Waals surface area contributed by atoms with Crippen molar-refractivity contribution in [1.82, 2.24) is 9.97 Å². The molecule has 3 rings (SSSR count). The second kappa shape index (κ2) is 8.09. The van der Waals surface area contributed by atoms with Crippen LogP contribution in [0.25, 0.3) is 0 Å². The fraction of sp³-hybridized carbons (Fsp3) is 0.150. The Morgan fingerprint density at radius 1 is 1.00 bits per heavy atom. The molecule has 7 heteroatoms. The number of benzene rings is 2. The molecular weight excluding hydrogens is 358 g/mol. The minimum absolute atomic E-state index is 0.163. The van der Waals surface area contributed by atoms with Gasteiger partial charge in [0.15, 0.2) is 5.16 Å². The lowest BCUT2D eigenvalue weighted by Crippen LogP contribution is -2.20. The molecule has 3 aromatic rings. The molecule has 0 aliphatic rings. The van der Waals surface area contributed by atoms with Gasteiger partial charge in [0, 0.05) is 11.8 Å². The standard InChI is InChI=1S/C20H21N5OS/c1-12-8-9-13(2)15(10-12)23-19(26)18(14-6-4-3-5-7-14)27-20-24-16(21)11-17(22)25-20/h3-11,18H,1-2H3,(H,23,26)(H4,21,22,24,25)/t18-/m1/s1. The van der Waals surface area contributed by atoms with Crippen LogP contribution in [0.5, 0.6) is 0 Å². The van der Waals surface area contributed by atoms with Crippen molar-refractivity contribution in [2.45, 2.75) is 24.3 Å². The number of nitrogens with one attached hydrogen (secondary N) is 1. The van der Waals surface area contributed by atoms with Gasteiger partial charge in [-0.2, -0.15) is 0 Å². The van der Waals surface area contributed by atoms with Crippen LogP contribution < -0.4 is 16.8 Å². The summed E-state index contributed by atoms with van der Waals surface area (Å²) in [7, 11) is 0. The summed E-state index contributed by atoms with van der Waals surface area (Å²) in [6.07, 6.45) is 0. The molecule has 0 radical (unpaired) electrons. The van der Waals surface area contributed by atoms with Crippen LogP contribution in [0.3, 0.4) is 0 Å². The molecule has 0 fully saturated rings. The molecule has 1 heterocycles. The topological polar surface area (TPSA) is 107 Å². The van der Waals surface area contributed by atoms with E-state index in [9.17, 15) is 4.79 Å². The SMILES string of the molecule is Cc1ccc(C)c(NC(=O)[C@H](Sc2nc(N)cc(N)n2)c2ccccc2)c1. The van der Waals surface area contributed by atoms with E-state index in [4.69, 9.17) is 11.5 Å². The van der Waals surface area contributed by atoms with Crippen LogP contribution in [0.1, 0.15) is 21.9 Å². The van der Waals surface area contributed by atoms with Gasteiger partial charge in [0.25, 0.3) is 0 Å². The Labute approximate surface area is 162 Å². The largest absolute Gasteiger partial charge is 0.383 e. The molecule has 0 unspecified atom stereocenters. The molecule has 0 saturated carbocycles. The van der Waals surface area contributed by atoms with Gasteiger partial charge in [0.2, 0.25) is 5.91 Å². The van der Waals surface area contributed by atoms with E-state index in [0.717, 1.165) is 22.4 Å². The molecule has 0 aliphatic carbocycles. The number of carbonyl (C=O) groups excluding carboxylic acids is 1. The summed E-state index contributed by atoms with van der Waals surface area (Å²) in [5, 5.41) is 2.83. The number of hydrogen-bond donors (Lipinski definition) is 3. The molecule has 27 heavy (non-hydrogen) atoms. The molecule has 0 saturated heterocycles. The summed E-state index contributed by atoms with van der Waals surface area (Å²) in [6, 6.07) is 16.9. The van der Waals surface area contributed by atoms with Crippen LogP contribution in [0.2, 0.25) is 0 Å². The molecular formula is C20H21N5OS. The number of aromatic nitrogens is 2. The number of thioether (sulfide) groups is 1. The quantitative estimate of drug-likeness (QED) is 0.461. The van der Waals surface area contributed by atoms with Crippen molar-refractivity contribution in [2.24, 2.45) is 0 Å². The second-order valence-electron chi connectivity index (χ2n) is 6.22. The van der Waals surface area contributed by atoms with Crippen LogP contribution in [0, 0.1) is 13.8 Å². The summed E-state index contributed by atoms with van der Waals surface area (Å²) in [6.45, 7) is 3.95. The average Bonchev–Trinajstić information content (AvgIpc) is 2.62. The van der Waals surface area contributed by atoms with E-state index in [-0.39, 0.29) is 17.5 Å². The van der Waals surface area contributed by atoms with Crippen LogP contribution in [-0.2, 0) is 4.79 Å². The summed E-state index contributed by atoms with van der Waals surface area (Å²) in [4.78, 5) is 21.5. The number of nitrogens with two attached hydrogens (primary N) is 2. The molecule has 6 nitrogen and oxygen atoms in total. The second-order valence-corrected chi connectivity index (χ2v) is 7.29. The third-order valence-corrected chi connectivity index (χ3v) is 5.08. The fourth-order valence-electron chi connectivity index (χ4n) is 2.59. The Balaban J connectivity index is 1.92. The van der Waals surface area contributed by atoms with Crippen LogP contribution in [0.4, 0.5) is 17.3 Å². The highest BCUT2D eigenvalue weighted by atomic mass is 32.2. The first kappa shape index (κ1) is 18.7. The number of hydrogen-bond acceptors (Lipinski definition) is 6. The molecule has 138 valence electrons. The first-order valence-electron chi connectivity index (χ1n) is 8.42. The Morgan fingerprint density at radius 2 is 1.67 bits per heavy atom. The zero-order chi connectivity index (χ0) is 19.4. The highest BCUT2D eigenvalue weighted by Crippen LogP contribution is 2.35. The van der Waals surface area contributed by atoms with E-state index in [0.29, 0.717) is 5.16 Å². The minimum atomic E-state index is -0.549. The first-order chi connectivity index (χ1) is 12.9. The van der Waals surface area contributed by atoms with Gasteiger partial charge in [-0.3, -0.25) is 4.79 Å². The molecule has 1 atom stereocenters. The fourth-order valence-corrected chi connectivity index (χ4v) is 3.58. The summed E-state index contributed by atoms with van der Waals surface area (Å²) < 4.78 is 0. The Hall–Kier alpha value is -3.06. The molecule has 0 aliphatic heterocycles. The number of amides is 1. The van der Waals surface area contributed by atoms with Crippen LogP contribution >= 0.6 is 11.8 Å². The van der Waals surface area contributed by atoms with E-state index >= 15 is 0 Å². The van der Waals surface area contributed by atoms with E-state index < -0.39 is 5.25 Å². The summed E-state index contributed by atoms with van der Waals surface area (Å²) in [5.74, 6) is 0.378. The van der Waals surface area contributed by atoms with Crippen LogP contribution in [-0.4, -0.2) is 15.9 Å². The summed E-state index contributed by atoms with van der Waals surface area (Å²) in [5.41, 5.74) is 15.2. The Bertz CT molecular complexity index is 942. The van der Waals surface area contributed by atoms with Crippen molar-refractivity contribution in [3.63, 3.8) is 0 Å². The van der Waals surface area contributed by atoms with Gasteiger partial charge in [0.05, 0.1) is 0 Å². The van der Waals surface area contributed by atoms with Gasteiger partial charge >= 0.3 is 0 Å². The lowest BCUT2D eigenvalue weighted by molar-refractivity contribution is -0.115. The van der Waals surface area contributed by atoms with Gasteiger partial charge in [-0.05, 0) is 36.6 Å². The van der Waals surface area contributed by atoms with Gasteiger partial charge in [-0.15, -0.1) is 0 Å². The Kier molecular flexibility index (Phi) is 5.61. The summed E-state index contributed by atoms with van der Waals surface area (Å²) >= 11 is 1.21. The minimum Gasteiger partial charge on any atom is -0.383 e. The van der Waals surface area contributed by atoms with E-state index in [1.807, 2.05) is 62.4 Å². The van der Waals surface area contributed by atoms with Crippen molar-refractivity contribution >= 4 is 35.0 Å². The number of anilines is 3. The first-order valence-corrected chi connectivity index (χ1v) is 9.30. The molecule has 1 amide bonds. The van der Waals surface area contributed by atoms with E-state index in [1.54, 1.807) is 0 Å². The van der Waals surface area contributed by atoms with Gasteiger partial charge in [-0.1, -0.05) is 54.2 Å². The third kappa shape index (κ3) is 4.77. The predicted octanol–water partition coefficient (Wildman–Crippen LogP) is 3.73. The lowest BCUT2D eigenvalue weighted by Gasteiger charge is -2.17. The van der Waals surface area contributed by atoms with Crippen molar-refractivity contribution < 1.29 is 4.79 Å². The smallest absolute Gasteiger partial charge is 0.242 e. The predicted molar refractivity (Wildman–Crippen MR) is 110 cm³/mol. The number of nitrogen functional groups attached to an aromatic ring is 2. The highest BCUT2D eigenvalue weighted by Gasteiger charge is 2.24. The number of rotatable bonds is 5. The van der Waals surface area contributed by atoms with Gasteiger partial charge in [-0.25, -0.2) is 9.97 Å². The number of carbonyl (C=O) groups is 1. The maximum absolute atomic E-state index is 13.1. The number of aryl methyl sites for hydroxylation is 2. The van der Waals surface area contributed by atoms with Gasteiger partial charge < -0.3 is 16.8 Å². The molecule has 0 spiro atoms. The molecule has 1 aromatic heterocycles. The van der Waals surface area contributed by atoms with Crippen molar-refractivity contribution in [3.8, 4) is 0 Å². The van der Waals surface area contributed by atoms with E-state index in [1.165, 1.54) is 17.8 Å².